The number of hydrogen-bond donors (Lipinski definition) is 7. The van der Waals surface area contributed by atoms with Crippen LogP contribution in [-0.2, 0) is 14.3 Å². The number of rotatable bonds is 7. The summed E-state index contributed by atoms with van der Waals surface area (Å²) in [5.41, 5.74) is 0.200. The average molecular weight is 555 g/mol. The van der Waals surface area contributed by atoms with Gasteiger partial charge in [0.2, 0.25) is 0 Å². The largest absolute Gasteiger partial charge is 0.504 e. The molecule has 12 nitrogen and oxygen atoms in total. The second-order valence-corrected chi connectivity index (χ2v) is 8.97. The van der Waals surface area contributed by atoms with E-state index in [1.807, 2.05) is 0 Å². The van der Waals surface area contributed by atoms with Gasteiger partial charge in [-0.2, -0.15) is 0 Å². The number of phenolic OH excluding ortho intramolecular Hbond substituents is 4. The quantitative estimate of drug-likeness (QED) is 0.126. The number of phenols is 4. The Bertz CT molecular complexity index is 1490. The van der Waals surface area contributed by atoms with Crippen LogP contribution in [-0.4, -0.2) is 72.7 Å². The van der Waals surface area contributed by atoms with E-state index in [1.54, 1.807) is 0 Å². The van der Waals surface area contributed by atoms with Crippen molar-refractivity contribution in [3.63, 3.8) is 0 Å². The second-order valence-electron chi connectivity index (χ2n) is 8.97. The summed E-state index contributed by atoms with van der Waals surface area (Å²) < 4.78 is 16.0. The van der Waals surface area contributed by atoms with Crippen molar-refractivity contribution in [3.8, 4) is 23.0 Å². The smallest absolute Gasteiger partial charge is 0.336 e. The van der Waals surface area contributed by atoms with Crippen molar-refractivity contribution in [1.82, 2.24) is 0 Å². The third kappa shape index (κ3) is 6.68. The molecule has 1 fully saturated rings. The summed E-state index contributed by atoms with van der Waals surface area (Å²) in [7, 11) is 0. The Hall–Kier alpha value is -4.62. The molecular formula is C28H26O12. The van der Waals surface area contributed by atoms with E-state index >= 15 is 0 Å². The summed E-state index contributed by atoms with van der Waals surface area (Å²) in [6.45, 7) is -0.510. The van der Waals surface area contributed by atoms with E-state index in [9.17, 15) is 45.3 Å². The molecule has 0 saturated carbocycles. The van der Waals surface area contributed by atoms with Crippen LogP contribution in [0.2, 0.25) is 0 Å². The van der Waals surface area contributed by atoms with E-state index in [-0.39, 0.29) is 34.3 Å². The number of aliphatic hydroxyl groups is 3. The predicted octanol–water partition coefficient (Wildman–Crippen LogP) is 1.41. The number of carbonyl (C=O) groups excluding carboxylic acids is 1. The van der Waals surface area contributed by atoms with Crippen LogP contribution in [0.5, 0.6) is 23.0 Å². The first-order chi connectivity index (χ1) is 19.0. The van der Waals surface area contributed by atoms with Gasteiger partial charge in [-0.1, -0.05) is 18.2 Å². The molecule has 1 aliphatic heterocycles. The number of aromatic hydroxyl groups is 4. The van der Waals surface area contributed by atoms with Crippen LogP contribution in [0.1, 0.15) is 28.6 Å². The zero-order valence-electron chi connectivity index (χ0n) is 20.7. The first kappa shape index (κ1) is 28.4. The topological polar surface area (TPSA) is 207 Å². The predicted molar refractivity (Wildman–Crippen MR) is 139 cm³/mol. The van der Waals surface area contributed by atoms with Crippen LogP contribution in [0.4, 0.5) is 0 Å². The van der Waals surface area contributed by atoms with Crippen molar-refractivity contribution >= 4 is 24.2 Å². The fraction of sp³-hybridized carbons (Fsp3) is 0.214. The van der Waals surface area contributed by atoms with Crippen molar-refractivity contribution in [3.05, 3.63) is 87.5 Å². The molecule has 3 aromatic rings. The van der Waals surface area contributed by atoms with Gasteiger partial charge in [0.05, 0.1) is 0 Å². The van der Waals surface area contributed by atoms with Crippen molar-refractivity contribution in [2.24, 2.45) is 0 Å². The first-order valence-electron chi connectivity index (χ1n) is 11.9. The van der Waals surface area contributed by atoms with Gasteiger partial charge in [-0.15, -0.1) is 0 Å². The first-order valence-corrected chi connectivity index (χ1v) is 11.9. The van der Waals surface area contributed by atoms with Crippen LogP contribution >= 0.6 is 0 Å². The van der Waals surface area contributed by atoms with Crippen LogP contribution in [0.15, 0.2) is 63.8 Å². The molecule has 0 amide bonds. The number of ether oxygens (including phenoxy) is 2. The Morgan fingerprint density at radius 2 is 1.40 bits per heavy atom. The minimum atomic E-state index is -1.70. The highest BCUT2D eigenvalue weighted by Crippen LogP contribution is 2.33. The molecule has 2 aromatic carbocycles. The Morgan fingerprint density at radius 3 is 2.02 bits per heavy atom. The van der Waals surface area contributed by atoms with E-state index in [1.165, 1.54) is 60.7 Å². The molecule has 0 spiro atoms. The lowest BCUT2D eigenvalue weighted by atomic mass is 9.91. The molecule has 0 aliphatic carbocycles. The van der Waals surface area contributed by atoms with Gasteiger partial charge in [-0.3, -0.25) is 0 Å². The summed E-state index contributed by atoms with van der Waals surface area (Å²) >= 11 is 0. The Balaban J connectivity index is 1.46. The lowest BCUT2D eigenvalue weighted by Gasteiger charge is -2.40. The molecule has 1 aliphatic rings. The van der Waals surface area contributed by atoms with E-state index in [0.29, 0.717) is 11.1 Å². The van der Waals surface area contributed by atoms with Crippen LogP contribution in [0, 0.1) is 0 Å². The van der Waals surface area contributed by atoms with Crippen LogP contribution in [0.3, 0.4) is 0 Å². The molecule has 4 rings (SSSR count). The second kappa shape index (κ2) is 12.1. The van der Waals surface area contributed by atoms with Crippen LogP contribution in [0.25, 0.3) is 18.2 Å². The molecule has 5 atom stereocenters. The summed E-state index contributed by atoms with van der Waals surface area (Å²) in [6, 6.07) is 10.4. The van der Waals surface area contributed by atoms with Gasteiger partial charge < -0.3 is 49.6 Å². The molecule has 7 N–H and O–H groups in total. The molecule has 1 aromatic heterocycles. The van der Waals surface area contributed by atoms with Crippen LogP contribution < -0.4 is 5.63 Å². The van der Waals surface area contributed by atoms with Crippen molar-refractivity contribution in [2.75, 3.05) is 6.61 Å². The van der Waals surface area contributed by atoms with Gasteiger partial charge in [0, 0.05) is 12.1 Å². The minimum Gasteiger partial charge on any atom is -0.504 e. The molecule has 0 bridgehead atoms. The maximum absolute atomic E-state index is 12.2. The van der Waals surface area contributed by atoms with Gasteiger partial charge in [-0.25, -0.2) is 9.59 Å². The van der Waals surface area contributed by atoms with Crippen molar-refractivity contribution < 1.29 is 54.4 Å². The Morgan fingerprint density at radius 1 is 0.775 bits per heavy atom. The van der Waals surface area contributed by atoms with Gasteiger partial charge in [-0.05, 0) is 59.2 Å². The zero-order valence-corrected chi connectivity index (χ0v) is 20.7. The third-order valence-corrected chi connectivity index (χ3v) is 6.09. The van der Waals surface area contributed by atoms with Gasteiger partial charge in [0.15, 0.2) is 23.0 Å². The lowest BCUT2D eigenvalue weighted by molar-refractivity contribution is -0.234. The molecule has 0 radical (unpaired) electrons. The molecule has 12 heteroatoms. The summed E-state index contributed by atoms with van der Waals surface area (Å²) in [6.07, 6.45) is -2.29. The molecular weight excluding hydrogens is 528 g/mol. The van der Waals surface area contributed by atoms with Crippen molar-refractivity contribution in [2.45, 2.75) is 30.5 Å². The lowest BCUT2D eigenvalue weighted by Crippen LogP contribution is -2.55. The Labute approximate surface area is 226 Å². The molecule has 210 valence electrons. The standard InChI is InChI=1S/C28H26O12/c29-18-6-2-14(9-20(18)31)1-5-17-11-16(12-24(34)39-17)28-27(37)26(36)25(35)22(40-28)13-38-23(33)8-4-15-3-7-19(30)21(32)10-15/h1-12,22,25-32,35-37H,13H2/b5-1+,8-4+/t22-,25-,26+,27-,28+/m1/s1. The van der Waals surface area contributed by atoms with E-state index in [0.717, 1.165) is 12.1 Å². The molecule has 0 unspecified atom stereocenters. The van der Waals surface area contributed by atoms with Crippen molar-refractivity contribution in [1.29, 1.82) is 0 Å². The number of benzene rings is 2. The van der Waals surface area contributed by atoms with E-state index in [2.05, 4.69) is 0 Å². The summed E-state index contributed by atoms with van der Waals surface area (Å²) in [5, 5.41) is 69.3. The molecule has 1 saturated heterocycles. The number of aliphatic hydroxyl groups excluding tert-OH is 3. The molecule has 40 heavy (non-hydrogen) atoms. The minimum absolute atomic E-state index is 0.0415. The maximum atomic E-state index is 12.2. The summed E-state index contributed by atoms with van der Waals surface area (Å²) in [5.74, 6) is -2.14. The Kier molecular flexibility index (Phi) is 8.55. The maximum Gasteiger partial charge on any atom is 0.336 e. The SMILES string of the molecule is O=C(/C=C/c1ccc(O)c(O)c1)OC[C@H]1O[C@@H](c2cc(/C=C/c3ccc(O)c(O)c3)oc(=O)c2)[C@H](O)[C@@H](O)[C@@H]1O. The van der Waals surface area contributed by atoms with Gasteiger partial charge in [0.1, 0.15) is 42.9 Å². The monoisotopic (exact) mass is 554 g/mol. The zero-order chi connectivity index (χ0) is 29.0. The fourth-order valence-corrected chi connectivity index (χ4v) is 3.97. The number of hydrogen-bond acceptors (Lipinski definition) is 12. The van der Waals surface area contributed by atoms with Gasteiger partial charge in [0.25, 0.3) is 0 Å². The average Bonchev–Trinajstić information content (AvgIpc) is 2.92. The van der Waals surface area contributed by atoms with E-state index in [4.69, 9.17) is 13.9 Å². The van der Waals surface area contributed by atoms with E-state index < -0.39 is 48.7 Å². The fourth-order valence-electron chi connectivity index (χ4n) is 3.97. The highest BCUT2D eigenvalue weighted by atomic mass is 16.6. The highest BCUT2D eigenvalue weighted by molar-refractivity contribution is 5.87. The number of carbonyl (C=O) groups is 1. The number of esters is 1. The third-order valence-electron chi connectivity index (χ3n) is 6.09. The van der Waals surface area contributed by atoms with Gasteiger partial charge >= 0.3 is 11.6 Å². The highest BCUT2D eigenvalue weighted by Gasteiger charge is 2.45. The molecule has 2 heterocycles. The normalized spacial score (nSPS) is 23.0. The summed E-state index contributed by atoms with van der Waals surface area (Å²) in [4.78, 5) is 24.4.